The van der Waals surface area contributed by atoms with Crippen molar-refractivity contribution in [2.24, 2.45) is 10.8 Å². The van der Waals surface area contributed by atoms with Crippen LogP contribution in [0.2, 0.25) is 0 Å². The summed E-state index contributed by atoms with van der Waals surface area (Å²) in [5, 5.41) is 10.7. The van der Waals surface area contributed by atoms with Crippen molar-refractivity contribution in [1.29, 1.82) is 0 Å². The molecule has 0 aliphatic heterocycles. The van der Waals surface area contributed by atoms with Gasteiger partial charge in [-0.15, -0.1) is 34.9 Å². The van der Waals surface area contributed by atoms with Crippen LogP contribution < -0.4 is 0 Å². The third-order valence-corrected chi connectivity index (χ3v) is 7.07. The Hall–Kier alpha value is -2.36. The molecule has 209 valence electrons. The van der Waals surface area contributed by atoms with Gasteiger partial charge in [0.15, 0.2) is 5.78 Å². The van der Waals surface area contributed by atoms with Gasteiger partial charge in [0.05, 0.1) is 11.3 Å². The van der Waals surface area contributed by atoms with Crippen molar-refractivity contribution in [3.05, 3.63) is 71.1 Å². The second-order valence-corrected chi connectivity index (χ2v) is 12.3. The number of carbonyl (C=O) groups is 1. The van der Waals surface area contributed by atoms with Crippen LogP contribution in [0.4, 0.5) is 0 Å². The molecule has 1 aromatic heterocycles. The summed E-state index contributed by atoms with van der Waals surface area (Å²) < 4.78 is 0. The quantitative estimate of drug-likeness (QED) is 0.165. The van der Waals surface area contributed by atoms with E-state index in [0.717, 1.165) is 46.4 Å². The number of para-hydroxylation sites is 1. The zero-order valence-corrected chi connectivity index (χ0v) is 27.4. The van der Waals surface area contributed by atoms with E-state index >= 15 is 0 Å². The zero-order valence-electron chi connectivity index (χ0n) is 25.0. The molecule has 3 rings (SSSR count). The van der Waals surface area contributed by atoms with Crippen molar-refractivity contribution in [1.82, 2.24) is 9.97 Å². The molecule has 4 nitrogen and oxygen atoms in total. The monoisotopic (exact) mass is 694 g/mol. The molecular weight excluding hydrogens is 649 g/mol. The van der Waals surface area contributed by atoms with Gasteiger partial charge < -0.3 is 5.11 Å². The maximum atomic E-state index is 11.5. The summed E-state index contributed by atoms with van der Waals surface area (Å²) in [5.74, 6) is 0.873. The molecule has 1 radical (unpaired) electrons. The van der Waals surface area contributed by atoms with Crippen LogP contribution >= 0.6 is 0 Å². The fraction of sp³-hybridized carbons (Fsp3) is 0.485. The minimum absolute atomic E-state index is 0. The third kappa shape index (κ3) is 8.58. The molecule has 0 saturated carbocycles. The number of ketones is 1. The van der Waals surface area contributed by atoms with Gasteiger partial charge in [0.2, 0.25) is 0 Å². The number of aliphatic hydroxyl groups is 1. The molecule has 0 aliphatic carbocycles. The summed E-state index contributed by atoms with van der Waals surface area (Å²) in [5.41, 5.74) is 4.91. The Bertz CT molecular complexity index is 1280. The number of fused-ring (bicyclic) bond motifs is 1. The number of hydrogen-bond acceptors (Lipinski definition) is 4. The van der Waals surface area contributed by atoms with Crippen molar-refractivity contribution in [3.8, 4) is 11.4 Å². The molecule has 5 heteroatoms. The van der Waals surface area contributed by atoms with Crippen LogP contribution in [0, 0.1) is 30.7 Å². The van der Waals surface area contributed by atoms with Gasteiger partial charge in [0, 0.05) is 48.1 Å². The first kappa shape index (κ1) is 33.7. The molecule has 0 amide bonds. The summed E-state index contributed by atoms with van der Waals surface area (Å²) in [6.45, 7) is 22.1. The van der Waals surface area contributed by atoms with Gasteiger partial charge in [-0.05, 0) is 31.2 Å². The summed E-state index contributed by atoms with van der Waals surface area (Å²) in [6.07, 6.45) is 3.56. The Morgan fingerprint density at radius 2 is 1.50 bits per heavy atom. The number of nitrogens with zero attached hydrogens (tertiary/aromatic N) is 2. The average Bonchev–Trinajstić information content (AvgIpc) is 2.82. The molecular formula is C33H45IrN2O2-. The van der Waals surface area contributed by atoms with Gasteiger partial charge in [-0.1, -0.05) is 87.4 Å². The molecule has 0 atom stereocenters. The van der Waals surface area contributed by atoms with E-state index in [2.05, 4.69) is 52.0 Å². The van der Waals surface area contributed by atoms with Gasteiger partial charge in [-0.25, -0.2) is 0 Å². The van der Waals surface area contributed by atoms with Crippen molar-refractivity contribution in [2.75, 3.05) is 0 Å². The Morgan fingerprint density at radius 3 is 2.03 bits per heavy atom. The van der Waals surface area contributed by atoms with Gasteiger partial charge in [-0.2, -0.15) is 0 Å². The predicted octanol–water partition coefficient (Wildman–Crippen LogP) is 8.88. The van der Waals surface area contributed by atoms with Crippen LogP contribution in [0.25, 0.3) is 22.3 Å². The Morgan fingerprint density at radius 1 is 0.921 bits per heavy atom. The molecule has 38 heavy (non-hydrogen) atoms. The minimum atomic E-state index is -0.417. The first-order chi connectivity index (χ1) is 17.0. The van der Waals surface area contributed by atoms with E-state index in [9.17, 15) is 9.90 Å². The molecule has 0 bridgehead atoms. The maximum absolute atomic E-state index is 11.5. The largest absolute Gasteiger partial charge is 0.512 e. The number of aromatic nitrogens is 2. The average molecular weight is 694 g/mol. The third-order valence-electron chi connectivity index (χ3n) is 7.07. The fourth-order valence-electron chi connectivity index (χ4n) is 3.76. The molecule has 3 aromatic rings. The van der Waals surface area contributed by atoms with Crippen molar-refractivity contribution in [3.63, 3.8) is 0 Å². The van der Waals surface area contributed by atoms with E-state index in [0.29, 0.717) is 0 Å². The van der Waals surface area contributed by atoms with Crippen LogP contribution in [0.15, 0.2) is 48.2 Å². The van der Waals surface area contributed by atoms with Crippen molar-refractivity contribution < 1.29 is 30.0 Å². The number of benzene rings is 2. The molecule has 0 spiro atoms. The fourth-order valence-corrected chi connectivity index (χ4v) is 3.76. The SMILES string of the molecule is CC(C)(C)C(=O)/C=C(\O)C(C)(C)C.CCC(C)(CC)c1cc(C)[c-]c(-c2nc(C)c3ccccc3n2)c1.[Ir]. The molecule has 1 N–H and O–H groups in total. The number of carbonyl (C=O) groups excluding carboxylic acids is 1. The second kappa shape index (κ2) is 13.1. The second-order valence-electron chi connectivity index (χ2n) is 12.3. The summed E-state index contributed by atoms with van der Waals surface area (Å²) >= 11 is 0. The summed E-state index contributed by atoms with van der Waals surface area (Å²) in [7, 11) is 0. The smallest absolute Gasteiger partial charge is 0.164 e. The molecule has 0 aliphatic rings. The molecule has 2 aromatic carbocycles. The first-order valence-electron chi connectivity index (χ1n) is 13.3. The van der Waals surface area contributed by atoms with Crippen molar-refractivity contribution >= 4 is 16.7 Å². The van der Waals surface area contributed by atoms with Crippen LogP contribution in [0.5, 0.6) is 0 Å². The van der Waals surface area contributed by atoms with E-state index in [1.165, 1.54) is 11.6 Å². The molecule has 0 unspecified atom stereocenters. The van der Waals surface area contributed by atoms with Crippen LogP contribution in [0.3, 0.4) is 0 Å². The van der Waals surface area contributed by atoms with E-state index in [4.69, 9.17) is 9.97 Å². The van der Waals surface area contributed by atoms with Crippen LogP contribution in [-0.4, -0.2) is 20.9 Å². The van der Waals surface area contributed by atoms with Gasteiger partial charge in [0.1, 0.15) is 5.76 Å². The van der Waals surface area contributed by atoms with Gasteiger partial charge >= 0.3 is 0 Å². The topological polar surface area (TPSA) is 63.1 Å². The van der Waals surface area contributed by atoms with Crippen LogP contribution in [0.1, 0.15) is 92.0 Å². The Balaban J connectivity index is 0.000000444. The number of aliphatic hydroxyl groups excluding tert-OH is 1. The normalized spacial score (nSPS) is 12.4. The van der Waals surface area contributed by atoms with E-state index < -0.39 is 5.41 Å². The number of hydrogen-bond donors (Lipinski definition) is 1. The minimum Gasteiger partial charge on any atom is -0.512 e. The first-order valence-corrected chi connectivity index (χ1v) is 13.3. The Labute approximate surface area is 243 Å². The number of rotatable bonds is 5. The Kier molecular flexibility index (Phi) is 11.6. The van der Waals surface area contributed by atoms with Crippen LogP contribution in [-0.2, 0) is 30.3 Å². The van der Waals surface area contributed by atoms with Crippen molar-refractivity contribution in [2.45, 2.75) is 94.4 Å². The van der Waals surface area contributed by atoms with E-state index in [1.54, 1.807) is 0 Å². The van der Waals surface area contributed by atoms with E-state index in [1.807, 2.05) is 66.7 Å². The number of allylic oxidation sites excluding steroid dienone is 2. The molecule has 0 saturated heterocycles. The molecule has 0 fully saturated rings. The summed E-state index contributed by atoms with van der Waals surface area (Å²) in [4.78, 5) is 21.0. The number of aryl methyl sites for hydroxylation is 2. The summed E-state index contributed by atoms with van der Waals surface area (Å²) in [6, 6.07) is 16.1. The maximum Gasteiger partial charge on any atom is 0.164 e. The van der Waals surface area contributed by atoms with Gasteiger partial charge in [-0.3, -0.25) is 14.8 Å². The van der Waals surface area contributed by atoms with E-state index in [-0.39, 0.29) is 42.5 Å². The molecule has 1 heterocycles. The predicted molar refractivity (Wildman–Crippen MR) is 156 cm³/mol. The standard InChI is InChI=1S/C22H25N2.C11H20O2.Ir/c1-6-22(5,7-2)18-13-15(3)12-17(14-18)21-23-16(4)19-10-8-9-11-20(19)24-21;1-10(2,3)8(12)7-9(13)11(4,5)6;/h8-11,13-14H,6-7H2,1-5H3;7,12H,1-6H3;/q-1;;/b;8-7-;. The zero-order chi connectivity index (χ0) is 28.2. The van der Waals surface area contributed by atoms with Gasteiger partial charge in [0.25, 0.3) is 0 Å².